The van der Waals surface area contributed by atoms with Gasteiger partial charge in [-0.25, -0.2) is 0 Å². The van der Waals surface area contributed by atoms with Gasteiger partial charge in [0.2, 0.25) is 0 Å². The first-order valence-corrected chi connectivity index (χ1v) is 9.85. The van der Waals surface area contributed by atoms with E-state index in [0.29, 0.717) is 17.1 Å². The molecule has 0 aromatic heterocycles. The first-order valence-electron chi connectivity index (χ1n) is 9.85. The van der Waals surface area contributed by atoms with Crippen molar-refractivity contribution in [2.75, 3.05) is 27.8 Å². The third-order valence-electron chi connectivity index (χ3n) is 4.76. The summed E-state index contributed by atoms with van der Waals surface area (Å²) in [5.41, 5.74) is 3.74. The van der Waals surface area contributed by atoms with E-state index in [4.69, 9.17) is 23.7 Å². The van der Waals surface area contributed by atoms with Crippen LogP contribution in [0.2, 0.25) is 0 Å². The van der Waals surface area contributed by atoms with Crippen molar-refractivity contribution in [1.82, 2.24) is 0 Å². The molecule has 0 bridgehead atoms. The lowest BCUT2D eigenvalue weighted by Crippen LogP contribution is -2.20. The Bertz CT molecular complexity index is 914. The smallest absolute Gasteiger partial charge is 0.188 e. The van der Waals surface area contributed by atoms with Gasteiger partial charge in [0, 0.05) is 20.3 Å². The van der Waals surface area contributed by atoms with E-state index < -0.39 is 0 Å². The van der Waals surface area contributed by atoms with Crippen molar-refractivity contribution in [3.8, 4) is 17.2 Å². The fourth-order valence-electron chi connectivity index (χ4n) is 3.24. The number of rotatable bonds is 9. The summed E-state index contributed by atoms with van der Waals surface area (Å²) >= 11 is 0. The van der Waals surface area contributed by atoms with E-state index in [0.717, 1.165) is 23.3 Å². The van der Waals surface area contributed by atoms with Gasteiger partial charge in [-0.05, 0) is 55.7 Å². The monoisotopic (exact) mass is 412 g/mol. The van der Waals surface area contributed by atoms with Gasteiger partial charge in [0.05, 0.1) is 12.0 Å². The van der Waals surface area contributed by atoms with Crippen molar-refractivity contribution < 1.29 is 28.5 Å². The maximum atomic E-state index is 12.7. The van der Waals surface area contributed by atoms with E-state index >= 15 is 0 Å². The topological polar surface area (TPSA) is 63.2 Å². The van der Waals surface area contributed by atoms with Crippen LogP contribution in [-0.4, -0.2) is 33.6 Å². The van der Waals surface area contributed by atoms with Gasteiger partial charge in [0.15, 0.2) is 19.4 Å². The number of ketones is 1. The highest BCUT2D eigenvalue weighted by atomic mass is 16.7. The number of Topliss-reactive ketones (excluding diaryl/α,β-unsaturated/α-hetero) is 1. The zero-order valence-corrected chi connectivity index (χ0v) is 17.9. The van der Waals surface area contributed by atoms with Gasteiger partial charge in [-0.1, -0.05) is 17.7 Å². The predicted molar refractivity (Wildman–Crippen MR) is 113 cm³/mol. The molecule has 0 spiro atoms. The number of methoxy groups -OCH3 is 2. The third kappa shape index (κ3) is 5.40. The molecule has 2 aromatic rings. The van der Waals surface area contributed by atoms with Crippen LogP contribution in [0.4, 0.5) is 0 Å². The van der Waals surface area contributed by atoms with Gasteiger partial charge < -0.3 is 23.7 Å². The molecule has 0 N–H and O–H groups in total. The molecular formula is C24H28O6. The second-order valence-electron chi connectivity index (χ2n) is 7.35. The van der Waals surface area contributed by atoms with Crippen LogP contribution < -0.4 is 14.2 Å². The van der Waals surface area contributed by atoms with Crippen LogP contribution in [0.15, 0.2) is 48.0 Å². The highest BCUT2D eigenvalue weighted by Crippen LogP contribution is 2.38. The fraction of sp³-hybridized carbons (Fsp3) is 0.375. The number of allylic oxidation sites excluding steroid dienone is 2. The van der Waals surface area contributed by atoms with Crippen molar-refractivity contribution in [3.05, 3.63) is 64.7 Å². The van der Waals surface area contributed by atoms with Gasteiger partial charge in [-0.2, -0.15) is 0 Å². The van der Waals surface area contributed by atoms with Crippen LogP contribution in [0, 0.1) is 0 Å². The molecule has 0 amide bonds. The molecule has 1 unspecified atom stereocenters. The number of carbonyl (C=O) groups is 1. The van der Waals surface area contributed by atoms with E-state index in [1.165, 1.54) is 5.57 Å². The number of ether oxygens (including phenoxy) is 5. The Morgan fingerprint density at radius 1 is 1.07 bits per heavy atom. The maximum absolute atomic E-state index is 12.7. The molecule has 6 heteroatoms. The summed E-state index contributed by atoms with van der Waals surface area (Å²) in [6, 6.07) is 11.1. The van der Waals surface area contributed by atoms with Crippen LogP contribution in [0.3, 0.4) is 0 Å². The normalized spacial score (nSPS) is 15.2. The molecule has 1 heterocycles. The van der Waals surface area contributed by atoms with Gasteiger partial charge in [0.1, 0.15) is 23.4 Å². The summed E-state index contributed by atoms with van der Waals surface area (Å²) in [6.07, 6.45) is 2.78. The van der Waals surface area contributed by atoms with E-state index in [2.05, 4.69) is 19.9 Å². The molecule has 0 aliphatic carbocycles. The molecule has 0 saturated carbocycles. The summed E-state index contributed by atoms with van der Waals surface area (Å²) in [5, 5.41) is 0. The van der Waals surface area contributed by atoms with Crippen LogP contribution in [0.25, 0.3) is 0 Å². The number of benzene rings is 2. The lowest BCUT2D eigenvalue weighted by Gasteiger charge is -2.26. The lowest BCUT2D eigenvalue weighted by molar-refractivity contribution is 0.0504. The van der Waals surface area contributed by atoms with Crippen molar-refractivity contribution >= 4 is 5.78 Å². The first-order chi connectivity index (χ1) is 14.5. The minimum Gasteiger partial charge on any atom is -0.484 e. The molecule has 0 fully saturated rings. The molecular weight excluding hydrogens is 384 g/mol. The Balaban J connectivity index is 1.87. The van der Waals surface area contributed by atoms with E-state index in [9.17, 15) is 4.79 Å². The van der Waals surface area contributed by atoms with Crippen molar-refractivity contribution in [1.29, 1.82) is 0 Å². The van der Waals surface area contributed by atoms with E-state index in [1.54, 1.807) is 32.4 Å². The van der Waals surface area contributed by atoms with Crippen LogP contribution in [0.5, 0.6) is 17.2 Å². The summed E-state index contributed by atoms with van der Waals surface area (Å²) in [5.74, 6) is 1.92. The molecule has 0 radical (unpaired) electrons. The second-order valence-corrected chi connectivity index (χ2v) is 7.35. The molecule has 1 aliphatic heterocycles. The van der Waals surface area contributed by atoms with Crippen LogP contribution in [0.1, 0.15) is 47.9 Å². The highest BCUT2D eigenvalue weighted by Gasteiger charge is 2.28. The Kier molecular flexibility index (Phi) is 7.49. The van der Waals surface area contributed by atoms with E-state index in [1.807, 2.05) is 18.2 Å². The Hall–Kier alpha value is -2.83. The maximum Gasteiger partial charge on any atom is 0.188 e. The molecule has 1 aliphatic rings. The first kappa shape index (κ1) is 21.9. The summed E-state index contributed by atoms with van der Waals surface area (Å²) < 4.78 is 27.3. The molecule has 160 valence electrons. The average molecular weight is 412 g/mol. The zero-order chi connectivity index (χ0) is 21.5. The van der Waals surface area contributed by atoms with Crippen LogP contribution in [-0.2, 0) is 15.9 Å². The Morgan fingerprint density at radius 3 is 2.57 bits per heavy atom. The minimum absolute atomic E-state index is 0.0464. The number of hydrogen-bond acceptors (Lipinski definition) is 6. The Labute approximate surface area is 177 Å². The Morgan fingerprint density at radius 2 is 1.83 bits per heavy atom. The predicted octanol–water partition coefficient (Wildman–Crippen LogP) is 4.87. The standard InChI is InChI=1S/C24H28O6/c1-16(2)5-6-17-11-18(7-10-22(17)29-15-27-4)23-13-21(25)20-9-8-19(28-14-26-3)12-24(20)30-23/h5,7-12,23H,6,13-15H2,1-4H3. The van der Waals surface area contributed by atoms with Crippen molar-refractivity contribution in [3.63, 3.8) is 0 Å². The van der Waals surface area contributed by atoms with Gasteiger partial charge in [-0.15, -0.1) is 0 Å². The van der Waals surface area contributed by atoms with Crippen molar-refractivity contribution in [2.24, 2.45) is 0 Å². The summed E-state index contributed by atoms with van der Waals surface area (Å²) in [6.45, 7) is 4.43. The lowest BCUT2D eigenvalue weighted by atomic mass is 9.94. The largest absolute Gasteiger partial charge is 0.484 e. The molecule has 3 rings (SSSR count). The highest BCUT2D eigenvalue weighted by molar-refractivity contribution is 6.00. The van der Waals surface area contributed by atoms with Crippen molar-refractivity contribution in [2.45, 2.75) is 32.8 Å². The van der Waals surface area contributed by atoms with Gasteiger partial charge in [-0.3, -0.25) is 4.79 Å². The molecule has 1 atom stereocenters. The average Bonchev–Trinajstić information content (AvgIpc) is 2.74. The fourth-order valence-corrected chi connectivity index (χ4v) is 3.24. The third-order valence-corrected chi connectivity index (χ3v) is 4.76. The van der Waals surface area contributed by atoms with Gasteiger partial charge in [0.25, 0.3) is 0 Å². The number of carbonyl (C=O) groups excluding carboxylic acids is 1. The SMILES string of the molecule is COCOc1ccc2c(c1)OC(c1ccc(OCOC)c(CC=C(C)C)c1)CC2=O. The molecule has 2 aromatic carbocycles. The molecule has 0 saturated heterocycles. The zero-order valence-electron chi connectivity index (χ0n) is 17.9. The number of hydrogen-bond donors (Lipinski definition) is 0. The number of fused-ring (bicyclic) bond motifs is 1. The minimum atomic E-state index is -0.371. The summed E-state index contributed by atoms with van der Waals surface area (Å²) in [7, 11) is 3.15. The van der Waals surface area contributed by atoms with E-state index in [-0.39, 0.29) is 31.9 Å². The van der Waals surface area contributed by atoms with Gasteiger partial charge >= 0.3 is 0 Å². The quantitative estimate of drug-likeness (QED) is 0.433. The second kappa shape index (κ2) is 10.3. The molecule has 6 nitrogen and oxygen atoms in total. The summed E-state index contributed by atoms with van der Waals surface area (Å²) in [4.78, 5) is 12.7. The van der Waals surface area contributed by atoms with Crippen LogP contribution >= 0.6 is 0 Å². The molecule has 30 heavy (non-hydrogen) atoms.